The number of aromatic nitrogens is 3. The molecule has 0 spiro atoms. The first-order chi connectivity index (χ1) is 16.8. The van der Waals surface area contributed by atoms with Gasteiger partial charge in [0.25, 0.3) is 0 Å². The van der Waals surface area contributed by atoms with Crippen LogP contribution < -0.4 is 4.90 Å². The number of rotatable bonds is 3. The van der Waals surface area contributed by atoms with Gasteiger partial charge in [-0.2, -0.15) is 26.3 Å². The Bertz CT molecular complexity index is 973. The van der Waals surface area contributed by atoms with Gasteiger partial charge in [0.1, 0.15) is 17.2 Å². The fourth-order valence-corrected chi connectivity index (χ4v) is 4.09. The van der Waals surface area contributed by atoms with Crippen molar-refractivity contribution in [3.8, 4) is 0 Å². The predicted molar refractivity (Wildman–Crippen MR) is 116 cm³/mol. The van der Waals surface area contributed by atoms with Gasteiger partial charge in [0, 0.05) is 49.7 Å². The monoisotopic (exact) mass is 543 g/mol. The molecule has 4 heterocycles. The molecule has 0 bridgehead atoms. The van der Waals surface area contributed by atoms with Crippen molar-refractivity contribution in [1.29, 1.82) is 0 Å². The molecule has 0 saturated carbocycles. The van der Waals surface area contributed by atoms with E-state index < -0.39 is 24.3 Å². The first kappa shape index (κ1) is 29.2. The zero-order valence-electron chi connectivity index (χ0n) is 18.7. The summed E-state index contributed by atoms with van der Waals surface area (Å²) in [6, 6.07) is 0. The number of aliphatic carboxylic acids is 2. The van der Waals surface area contributed by atoms with E-state index in [2.05, 4.69) is 30.1 Å². The molecule has 36 heavy (non-hydrogen) atoms. The van der Waals surface area contributed by atoms with E-state index in [1.165, 1.54) is 34.9 Å². The largest absolute Gasteiger partial charge is 0.490 e. The number of fused-ring (bicyclic) bond motifs is 1. The SMILES string of the molecule is O=C(O)C(F)(F)F.O=C(O)C(F)(F)F.c1csc(CN2CCc3ncnc(N4CCCC4)c3CC2)n1. The number of hydrogen-bond donors (Lipinski definition) is 2. The Hall–Kier alpha value is -3.01. The van der Waals surface area contributed by atoms with E-state index in [4.69, 9.17) is 19.8 Å². The summed E-state index contributed by atoms with van der Waals surface area (Å²) in [5.41, 5.74) is 2.63. The van der Waals surface area contributed by atoms with Gasteiger partial charge in [-0.15, -0.1) is 11.3 Å². The number of carboxylic acid groups (broad SMARTS) is 2. The zero-order chi connectivity index (χ0) is 26.9. The van der Waals surface area contributed by atoms with Gasteiger partial charge in [-0.3, -0.25) is 4.90 Å². The lowest BCUT2D eigenvalue weighted by Gasteiger charge is -2.21. The van der Waals surface area contributed by atoms with E-state index in [0.29, 0.717) is 0 Å². The Kier molecular flexibility index (Phi) is 10.4. The van der Waals surface area contributed by atoms with Gasteiger partial charge >= 0.3 is 24.3 Å². The van der Waals surface area contributed by atoms with Crippen molar-refractivity contribution in [3.05, 3.63) is 34.2 Å². The standard InChI is InChI=1S/C16H21N5S.2C2HF3O2/c1-2-7-21(6-1)16-13-3-8-20(11-15-17-5-10-22-15)9-4-14(13)18-12-19-16;2*3-2(4,5)1(6)7/h5,10,12H,1-4,6-9,11H2;2*(H,6,7). The minimum Gasteiger partial charge on any atom is -0.475 e. The summed E-state index contributed by atoms with van der Waals surface area (Å²) < 4.78 is 63.5. The van der Waals surface area contributed by atoms with Crippen LogP contribution in [0.2, 0.25) is 0 Å². The number of carboxylic acids is 2. The smallest absolute Gasteiger partial charge is 0.475 e. The van der Waals surface area contributed by atoms with Crippen molar-refractivity contribution in [2.75, 3.05) is 31.1 Å². The van der Waals surface area contributed by atoms with Crippen LogP contribution in [0.15, 0.2) is 17.9 Å². The van der Waals surface area contributed by atoms with Gasteiger partial charge < -0.3 is 15.1 Å². The van der Waals surface area contributed by atoms with Crippen LogP contribution in [0, 0.1) is 0 Å². The highest BCUT2D eigenvalue weighted by atomic mass is 32.1. The van der Waals surface area contributed by atoms with E-state index >= 15 is 0 Å². The molecule has 2 aliphatic heterocycles. The van der Waals surface area contributed by atoms with Crippen LogP contribution in [-0.4, -0.2) is 80.5 Å². The average Bonchev–Trinajstić information content (AvgIpc) is 3.46. The number of nitrogens with zero attached hydrogens (tertiary/aromatic N) is 5. The van der Waals surface area contributed by atoms with Crippen molar-refractivity contribution < 1.29 is 46.1 Å². The third-order valence-corrected chi connectivity index (χ3v) is 5.85. The van der Waals surface area contributed by atoms with Crippen LogP contribution in [0.4, 0.5) is 32.2 Å². The predicted octanol–water partition coefficient (Wildman–Crippen LogP) is 3.40. The summed E-state index contributed by atoms with van der Waals surface area (Å²) in [6.07, 6.45) is -1.88. The van der Waals surface area contributed by atoms with Gasteiger partial charge in [-0.25, -0.2) is 24.5 Å². The summed E-state index contributed by atoms with van der Waals surface area (Å²) in [5.74, 6) is -4.32. The number of carbonyl (C=O) groups is 2. The minimum absolute atomic E-state index is 0.956. The second-order valence-electron chi connectivity index (χ2n) is 7.62. The summed E-state index contributed by atoms with van der Waals surface area (Å²) in [7, 11) is 0. The molecular weight excluding hydrogens is 520 g/mol. The maximum Gasteiger partial charge on any atom is 0.490 e. The minimum atomic E-state index is -5.08. The Labute approximate surface area is 205 Å². The number of hydrogen-bond acceptors (Lipinski definition) is 8. The van der Waals surface area contributed by atoms with Gasteiger partial charge in [0.2, 0.25) is 0 Å². The van der Waals surface area contributed by atoms with Crippen molar-refractivity contribution >= 4 is 29.1 Å². The molecule has 1 fully saturated rings. The van der Waals surface area contributed by atoms with Gasteiger partial charge in [0.05, 0.1) is 12.2 Å². The summed E-state index contributed by atoms with van der Waals surface area (Å²) >= 11 is 1.74. The number of anilines is 1. The molecule has 2 aromatic heterocycles. The molecule has 0 amide bonds. The maximum absolute atomic E-state index is 10.6. The molecule has 2 aliphatic rings. The number of halogens is 6. The van der Waals surface area contributed by atoms with Gasteiger partial charge in [-0.1, -0.05) is 0 Å². The second-order valence-corrected chi connectivity index (χ2v) is 8.60. The van der Waals surface area contributed by atoms with E-state index in [1.807, 2.05) is 6.20 Å². The molecule has 9 nitrogen and oxygen atoms in total. The van der Waals surface area contributed by atoms with Crippen molar-refractivity contribution in [1.82, 2.24) is 19.9 Å². The Balaban J connectivity index is 0.000000271. The van der Waals surface area contributed by atoms with Crippen molar-refractivity contribution in [2.45, 2.75) is 44.6 Å². The third kappa shape index (κ3) is 9.22. The summed E-state index contributed by atoms with van der Waals surface area (Å²) in [4.78, 5) is 36.3. The first-order valence-corrected chi connectivity index (χ1v) is 11.5. The first-order valence-electron chi connectivity index (χ1n) is 10.6. The highest BCUT2D eigenvalue weighted by Gasteiger charge is 2.38. The topological polar surface area (TPSA) is 120 Å². The lowest BCUT2D eigenvalue weighted by molar-refractivity contribution is -0.193. The highest BCUT2D eigenvalue weighted by molar-refractivity contribution is 7.09. The quantitative estimate of drug-likeness (QED) is 0.562. The number of thiazole rings is 1. The molecule has 0 atom stereocenters. The fourth-order valence-electron chi connectivity index (χ4n) is 3.44. The van der Waals surface area contributed by atoms with E-state index in [9.17, 15) is 26.3 Å². The van der Waals surface area contributed by atoms with Crippen molar-refractivity contribution in [2.24, 2.45) is 0 Å². The van der Waals surface area contributed by atoms with Crippen LogP contribution in [0.5, 0.6) is 0 Å². The molecule has 4 rings (SSSR count). The molecular formula is C20H23F6N5O4S. The second kappa shape index (κ2) is 12.8. The fraction of sp³-hybridized carbons (Fsp3) is 0.550. The van der Waals surface area contributed by atoms with Crippen LogP contribution in [0.25, 0.3) is 0 Å². The van der Waals surface area contributed by atoms with Crippen molar-refractivity contribution in [3.63, 3.8) is 0 Å². The van der Waals surface area contributed by atoms with Crippen LogP contribution in [0.1, 0.15) is 29.1 Å². The molecule has 0 unspecified atom stereocenters. The van der Waals surface area contributed by atoms with Gasteiger partial charge in [-0.05, 0) is 19.3 Å². The molecule has 16 heteroatoms. The molecule has 1 saturated heterocycles. The number of alkyl halides is 6. The van der Waals surface area contributed by atoms with Gasteiger partial charge in [0.15, 0.2) is 0 Å². The molecule has 0 aromatic carbocycles. The van der Waals surface area contributed by atoms with E-state index in [0.717, 1.165) is 45.6 Å². The average molecular weight is 543 g/mol. The van der Waals surface area contributed by atoms with Crippen LogP contribution in [-0.2, 0) is 29.0 Å². The third-order valence-electron chi connectivity index (χ3n) is 5.09. The Morgan fingerprint density at radius 2 is 1.44 bits per heavy atom. The summed E-state index contributed by atoms with van der Waals surface area (Å²) in [6.45, 7) is 5.38. The normalized spacial score (nSPS) is 16.1. The molecule has 0 aliphatic carbocycles. The molecule has 2 N–H and O–H groups in total. The van der Waals surface area contributed by atoms with E-state index in [-0.39, 0.29) is 0 Å². The lowest BCUT2D eigenvalue weighted by atomic mass is 10.1. The maximum atomic E-state index is 10.6. The molecule has 200 valence electrons. The summed E-state index contributed by atoms with van der Waals surface area (Å²) in [5, 5.41) is 17.5. The molecule has 0 radical (unpaired) electrons. The molecule has 2 aromatic rings. The Morgan fingerprint density at radius 3 is 1.94 bits per heavy atom. The van der Waals surface area contributed by atoms with E-state index in [1.54, 1.807) is 17.7 Å². The van der Waals surface area contributed by atoms with Crippen LogP contribution in [0.3, 0.4) is 0 Å². The lowest BCUT2D eigenvalue weighted by Crippen LogP contribution is -2.26. The van der Waals surface area contributed by atoms with Crippen LogP contribution >= 0.6 is 11.3 Å². The zero-order valence-corrected chi connectivity index (χ0v) is 19.5. The Morgan fingerprint density at radius 1 is 0.889 bits per heavy atom. The highest BCUT2D eigenvalue weighted by Crippen LogP contribution is 2.27.